The lowest BCUT2D eigenvalue weighted by molar-refractivity contribution is -0.118. The number of aromatic nitrogens is 1. The van der Waals surface area contributed by atoms with Crippen LogP contribution in [-0.4, -0.2) is 29.2 Å². The quantitative estimate of drug-likeness (QED) is 0.684. The maximum Gasteiger partial charge on any atom is 0.220 e. The summed E-state index contributed by atoms with van der Waals surface area (Å²) in [7, 11) is 0. The van der Waals surface area contributed by atoms with E-state index in [4.69, 9.17) is 15.6 Å². The fraction of sp³-hybridized carbons (Fsp3) is 0.300. The molecular formula is C10H13N2O3. The number of pyridine rings is 1. The number of primary amides is 1. The fourth-order valence-corrected chi connectivity index (χ4v) is 1.00. The topological polar surface area (TPSA) is 85.4 Å². The zero-order valence-electron chi connectivity index (χ0n) is 8.22. The first-order chi connectivity index (χ1) is 7.22. The number of carbonyl (C=O) groups excluding carboxylic acids is 1. The molecule has 81 valence electrons. The first kappa shape index (κ1) is 11.5. The number of nitrogens with two attached hydrogens (primary N) is 1. The van der Waals surface area contributed by atoms with Crippen LogP contribution in [0.15, 0.2) is 18.5 Å². The lowest BCUT2D eigenvalue weighted by atomic mass is 10.2. The van der Waals surface area contributed by atoms with E-state index >= 15 is 0 Å². The van der Waals surface area contributed by atoms with E-state index in [0.717, 1.165) is 5.56 Å². The Balaban J connectivity index is 2.46. The highest BCUT2D eigenvalue weighted by Crippen LogP contribution is 2.12. The molecule has 0 saturated heterocycles. The van der Waals surface area contributed by atoms with Gasteiger partial charge in [-0.1, -0.05) is 0 Å². The molecular weight excluding hydrogens is 196 g/mol. The maximum atomic E-state index is 10.4. The zero-order valence-corrected chi connectivity index (χ0v) is 8.22. The molecule has 1 heterocycles. The third kappa shape index (κ3) is 4.42. The molecule has 5 heteroatoms. The van der Waals surface area contributed by atoms with Crippen LogP contribution in [0.4, 0.5) is 0 Å². The lowest BCUT2D eigenvalue weighted by Crippen LogP contribution is -2.14. The minimum absolute atomic E-state index is 0.0492. The Morgan fingerprint density at radius 2 is 2.40 bits per heavy atom. The van der Waals surface area contributed by atoms with Gasteiger partial charge < -0.3 is 15.6 Å². The van der Waals surface area contributed by atoms with Crippen molar-refractivity contribution in [1.82, 2.24) is 4.98 Å². The van der Waals surface area contributed by atoms with Crippen molar-refractivity contribution in [1.29, 1.82) is 0 Å². The second-order valence-corrected chi connectivity index (χ2v) is 2.91. The van der Waals surface area contributed by atoms with Gasteiger partial charge in [-0.05, 0) is 11.6 Å². The number of rotatable bonds is 6. The first-order valence-electron chi connectivity index (χ1n) is 4.52. The van der Waals surface area contributed by atoms with Crippen molar-refractivity contribution >= 4 is 5.91 Å². The average Bonchev–Trinajstić information content (AvgIpc) is 2.18. The van der Waals surface area contributed by atoms with E-state index in [9.17, 15) is 4.79 Å². The minimum Gasteiger partial charge on any atom is -0.491 e. The van der Waals surface area contributed by atoms with Gasteiger partial charge in [0.05, 0.1) is 25.8 Å². The van der Waals surface area contributed by atoms with Crippen molar-refractivity contribution in [2.45, 2.75) is 6.42 Å². The highest BCUT2D eigenvalue weighted by Gasteiger charge is 1.99. The van der Waals surface area contributed by atoms with Gasteiger partial charge in [0.25, 0.3) is 0 Å². The highest BCUT2D eigenvalue weighted by molar-refractivity contribution is 5.73. The van der Waals surface area contributed by atoms with Crippen LogP contribution in [0, 0.1) is 6.42 Å². The Morgan fingerprint density at radius 1 is 1.60 bits per heavy atom. The normalized spacial score (nSPS) is 9.93. The molecule has 0 aliphatic heterocycles. The third-order valence-corrected chi connectivity index (χ3v) is 1.68. The molecule has 0 aliphatic rings. The third-order valence-electron chi connectivity index (χ3n) is 1.68. The second-order valence-electron chi connectivity index (χ2n) is 2.91. The second kappa shape index (κ2) is 5.98. The molecule has 0 unspecified atom stereocenters. The summed E-state index contributed by atoms with van der Waals surface area (Å²) in [5.74, 6) is 0.152. The van der Waals surface area contributed by atoms with Gasteiger partial charge in [-0.3, -0.25) is 9.78 Å². The molecule has 0 fully saturated rings. The standard InChI is InChI=1S/C10H13N2O3/c11-10(14)2-4-15-9-5-8(1-3-13)6-12-7-9/h1,5-7,13H,2-4H2,(H2,11,14). The molecule has 3 N–H and O–H groups in total. The first-order valence-corrected chi connectivity index (χ1v) is 4.52. The largest absolute Gasteiger partial charge is 0.491 e. The summed E-state index contributed by atoms with van der Waals surface area (Å²) in [5.41, 5.74) is 5.73. The van der Waals surface area contributed by atoms with Gasteiger partial charge in [-0.15, -0.1) is 0 Å². The van der Waals surface area contributed by atoms with Gasteiger partial charge in [-0.25, -0.2) is 0 Å². The fourth-order valence-electron chi connectivity index (χ4n) is 1.00. The van der Waals surface area contributed by atoms with E-state index < -0.39 is 5.91 Å². The number of amides is 1. The number of aliphatic hydroxyl groups excluding tert-OH is 1. The molecule has 5 nitrogen and oxygen atoms in total. The van der Waals surface area contributed by atoms with Crippen LogP contribution in [0.3, 0.4) is 0 Å². The summed E-state index contributed by atoms with van der Waals surface area (Å²) in [6, 6.07) is 1.73. The van der Waals surface area contributed by atoms with Crippen LogP contribution in [0.25, 0.3) is 0 Å². The summed E-state index contributed by atoms with van der Waals surface area (Å²) < 4.78 is 5.24. The molecule has 0 bridgehead atoms. The SMILES string of the molecule is NC(=O)CCOc1cncc([CH]CO)c1. The summed E-state index contributed by atoms with van der Waals surface area (Å²) in [6.07, 6.45) is 4.93. The van der Waals surface area contributed by atoms with Crippen molar-refractivity contribution in [3.05, 3.63) is 30.4 Å². The van der Waals surface area contributed by atoms with Crippen LogP contribution in [0.1, 0.15) is 12.0 Å². The van der Waals surface area contributed by atoms with Gasteiger partial charge >= 0.3 is 0 Å². The van der Waals surface area contributed by atoms with E-state index in [1.807, 2.05) is 0 Å². The molecule has 1 aromatic rings. The number of ether oxygens (including phenoxy) is 1. The van der Waals surface area contributed by atoms with Crippen molar-refractivity contribution in [3.63, 3.8) is 0 Å². The summed E-state index contributed by atoms with van der Waals surface area (Å²) in [5, 5.41) is 8.67. The smallest absolute Gasteiger partial charge is 0.220 e. The van der Waals surface area contributed by atoms with Crippen molar-refractivity contribution in [2.75, 3.05) is 13.2 Å². The molecule has 1 rings (SSSR count). The van der Waals surface area contributed by atoms with E-state index in [2.05, 4.69) is 4.98 Å². The summed E-state index contributed by atoms with van der Waals surface area (Å²) in [6.45, 7) is 0.187. The van der Waals surface area contributed by atoms with E-state index in [1.165, 1.54) is 6.20 Å². The van der Waals surface area contributed by atoms with Gasteiger partial charge in [0, 0.05) is 12.6 Å². The number of aliphatic hydroxyl groups is 1. The van der Waals surface area contributed by atoms with Gasteiger partial charge in [0.1, 0.15) is 5.75 Å². The number of hydrogen-bond acceptors (Lipinski definition) is 4. The van der Waals surface area contributed by atoms with Crippen LogP contribution in [-0.2, 0) is 4.79 Å². The molecule has 15 heavy (non-hydrogen) atoms. The molecule has 0 atom stereocenters. The molecule has 0 aromatic carbocycles. The monoisotopic (exact) mass is 209 g/mol. The minimum atomic E-state index is -0.402. The molecule has 1 aromatic heterocycles. The van der Waals surface area contributed by atoms with Crippen LogP contribution in [0.5, 0.6) is 5.75 Å². The number of carbonyl (C=O) groups is 1. The Hall–Kier alpha value is -1.62. The number of hydrogen-bond donors (Lipinski definition) is 2. The van der Waals surface area contributed by atoms with Gasteiger partial charge in [-0.2, -0.15) is 0 Å². The molecule has 1 radical (unpaired) electrons. The summed E-state index contributed by atoms with van der Waals surface area (Å²) in [4.78, 5) is 14.4. The van der Waals surface area contributed by atoms with Crippen molar-refractivity contribution in [3.8, 4) is 5.75 Å². The van der Waals surface area contributed by atoms with Crippen molar-refractivity contribution in [2.24, 2.45) is 5.73 Å². The predicted molar refractivity (Wildman–Crippen MR) is 54.0 cm³/mol. The molecule has 0 saturated carbocycles. The number of nitrogens with zero attached hydrogens (tertiary/aromatic N) is 1. The average molecular weight is 209 g/mol. The van der Waals surface area contributed by atoms with E-state index in [-0.39, 0.29) is 19.6 Å². The molecule has 0 aliphatic carbocycles. The molecule has 1 amide bonds. The molecule has 0 spiro atoms. The Labute approximate surface area is 87.9 Å². The lowest BCUT2D eigenvalue weighted by Gasteiger charge is -2.05. The highest BCUT2D eigenvalue weighted by atomic mass is 16.5. The van der Waals surface area contributed by atoms with Gasteiger partial charge in [0.2, 0.25) is 5.91 Å². The van der Waals surface area contributed by atoms with Crippen LogP contribution >= 0.6 is 0 Å². The Bertz CT molecular complexity index is 328. The Kier molecular flexibility index (Phi) is 4.56. The predicted octanol–water partition coefficient (Wildman–Crippen LogP) is -0.120. The summed E-state index contributed by atoms with van der Waals surface area (Å²) >= 11 is 0. The van der Waals surface area contributed by atoms with Crippen LogP contribution < -0.4 is 10.5 Å². The van der Waals surface area contributed by atoms with Crippen molar-refractivity contribution < 1.29 is 14.6 Å². The van der Waals surface area contributed by atoms with E-state index in [1.54, 1.807) is 18.7 Å². The maximum absolute atomic E-state index is 10.4. The Morgan fingerprint density at radius 3 is 3.07 bits per heavy atom. The van der Waals surface area contributed by atoms with Gasteiger partial charge in [0.15, 0.2) is 0 Å². The van der Waals surface area contributed by atoms with Crippen LogP contribution in [0.2, 0.25) is 0 Å². The zero-order chi connectivity index (χ0) is 11.1. The van der Waals surface area contributed by atoms with E-state index in [0.29, 0.717) is 5.75 Å².